The maximum Gasteiger partial charge on any atom is 0.312 e. The molecule has 106 valence electrons. The molecular weight excluding hydrogens is 236 g/mol. The van der Waals surface area contributed by atoms with Gasteiger partial charge in [0.15, 0.2) is 0 Å². The van der Waals surface area contributed by atoms with Crippen LogP contribution in [0.1, 0.15) is 51.0 Å². The standard InChI is InChI=1S/C16H26N2O/c1-2-3-5-12-15(18-16(17)19)13-8-11-14-9-6-4-7-10-14/h4,6-7,9-10,15H,2-3,5,8,11-13H2,1H3,(H3,17,18,19). The first-order valence-corrected chi connectivity index (χ1v) is 7.32. The summed E-state index contributed by atoms with van der Waals surface area (Å²) in [4.78, 5) is 11.0. The summed E-state index contributed by atoms with van der Waals surface area (Å²) in [6.07, 6.45) is 7.76. The van der Waals surface area contributed by atoms with Gasteiger partial charge in [-0.1, -0.05) is 56.5 Å². The summed E-state index contributed by atoms with van der Waals surface area (Å²) in [7, 11) is 0. The summed E-state index contributed by atoms with van der Waals surface area (Å²) >= 11 is 0. The predicted molar refractivity (Wildman–Crippen MR) is 80.0 cm³/mol. The Balaban J connectivity index is 2.29. The zero-order valence-electron chi connectivity index (χ0n) is 11.9. The van der Waals surface area contributed by atoms with Crippen LogP contribution in [0.4, 0.5) is 4.79 Å². The van der Waals surface area contributed by atoms with E-state index in [2.05, 4.69) is 36.5 Å². The average molecular weight is 262 g/mol. The van der Waals surface area contributed by atoms with E-state index in [1.807, 2.05) is 6.07 Å². The van der Waals surface area contributed by atoms with Gasteiger partial charge in [0.2, 0.25) is 0 Å². The van der Waals surface area contributed by atoms with Crippen molar-refractivity contribution in [3.63, 3.8) is 0 Å². The topological polar surface area (TPSA) is 55.1 Å². The van der Waals surface area contributed by atoms with Crippen molar-refractivity contribution in [3.8, 4) is 0 Å². The third-order valence-corrected chi connectivity index (χ3v) is 3.36. The van der Waals surface area contributed by atoms with Crippen molar-refractivity contribution in [2.45, 2.75) is 57.9 Å². The Morgan fingerprint density at radius 1 is 1.16 bits per heavy atom. The number of hydrogen-bond donors (Lipinski definition) is 2. The SMILES string of the molecule is CCCCCC(CCCc1ccccc1)NC(N)=O. The van der Waals surface area contributed by atoms with Crippen LogP contribution >= 0.6 is 0 Å². The van der Waals surface area contributed by atoms with Crippen molar-refractivity contribution in [1.82, 2.24) is 5.32 Å². The highest BCUT2D eigenvalue weighted by molar-refractivity contribution is 5.71. The average Bonchev–Trinajstić information content (AvgIpc) is 2.39. The number of primary amides is 1. The van der Waals surface area contributed by atoms with Gasteiger partial charge in [0.05, 0.1) is 0 Å². The number of carbonyl (C=O) groups excluding carboxylic acids is 1. The first-order valence-electron chi connectivity index (χ1n) is 7.32. The Morgan fingerprint density at radius 3 is 2.47 bits per heavy atom. The summed E-state index contributed by atoms with van der Waals surface area (Å²) in [6, 6.07) is 10.3. The van der Waals surface area contributed by atoms with E-state index in [0.717, 1.165) is 32.1 Å². The number of amides is 2. The molecule has 1 aromatic rings. The first kappa shape index (κ1) is 15.5. The molecule has 0 saturated carbocycles. The number of unbranched alkanes of at least 4 members (excludes halogenated alkanes) is 2. The second-order valence-corrected chi connectivity index (χ2v) is 5.08. The summed E-state index contributed by atoms with van der Waals surface area (Å²) in [6.45, 7) is 2.19. The van der Waals surface area contributed by atoms with E-state index in [1.54, 1.807) is 0 Å². The van der Waals surface area contributed by atoms with Crippen LogP contribution in [0.3, 0.4) is 0 Å². The third kappa shape index (κ3) is 7.50. The minimum absolute atomic E-state index is 0.229. The van der Waals surface area contributed by atoms with Gasteiger partial charge in [0.1, 0.15) is 0 Å². The smallest absolute Gasteiger partial charge is 0.312 e. The number of carbonyl (C=O) groups is 1. The van der Waals surface area contributed by atoms with E-state index in [0.29, 0.717) is 0 Å². The van der Waals surface area contributed by atoms with Gasteiger partial charge in [0.25, 0.3) is 0 Å². The highest BCUT2D eigenvalue weighted by atomic mass is 16.2. The summed E-state index contributed by atoms with van der Waals surface area (Å²) in [5.74, 6) is 0. The van der Waals surface area contributed by atoms with E-state index in [9.17, 15) is 4.79 Å². The zero-order valence-corrected chi connectivity index (χ0v) is 11.9. The Bertz CT molecular complexity index is 351. The number of urea groups is 1. The van der Waals surface area contributed by atoms with Crippen LogP contribution in [0.15, 0.2) is 30.3 Å². The van der Waals surface area contributed by atoms with Crippen LogP contribution in [0.25, 0.3) is 0 Å². The van der Waals surface area contributed by atoms with Gasteiger partial charge in [-0.15, -0.1) is 0 Å². The lowest BCUT2D eigenvalue weighted by Gasteiger charge is -2.17. The molecule has 0 aliphatic heterocycles. The molecule has 0 heterocycles. The highest BCUT2D eigenvalue weighted by Crippen LogP contribution is 2.11. The summed E-state index contributed by atoms with van der Waals surface area (Å²) in [5, 5.41) is 2.86. The molecule has 0 spiro atoms. The molecule has 3 N–H and O–H groups in total. The van der Waals surface area contributed by atoms with Crippen LogP contribution in [-0.4, -0.2) is 12.1 Å². The molecule has 1 aromatic carbocycles. The van der Waals surface area contributed by atoms with E-state index in [4.69, 9.17) is 5.73 Å². The van der Waals surface area contributed by atoms with Crippen molar-refractivity contribution in [2.24, 2.45) is 5.73 Å². The predicted octanol–water partition coefficient (Wildman–Crippen LogP) is 3.63. The molecule has 0 saturated heterocycles. The zero-order chi connectivity index (χ0) is 13.9. The lowest BCUT2D eigenvalue weighted by molar-refractivity contribution is 0.243. The van der Waals surface area contributed by atoms with Gasteiger partial charge in [-0.25, -0.2) is 4.79 Å². The number of hydrogen-bond acceptors (Lipinski definition) is 1. The van der Waals surface area contributed by atoms with Gasteiger partial charge < -0.3 is 11.1 Å². The van der Waals surface area contributed by atoms with Gasteiger partial charge in [-0.3, -0.25) is 0 Å². The summed E-state index contributed by atoms with van der Waals surface area (Å²) < 4.78 is 0. The number of rotatable bonds is 9. The molecule has 1 atom stereocenters. The second-order valence-electron chi connectivity index (χ2n) is 5.08. The maximum absolute atomic E-state index is 11.0. The van der Waals surface area contributed by atoms with Crippen molar-refractivity contribution >= 4 is 6.03 Å². The highest BCUT2D eigenvalue weighted by Gasteiger charge is 2.09. The Kier molecular flexibility index (Phi) is 7.71. The van der Waals surface area contributed by atoms with Gasteiger partial charge >= 0.3 is 6.03 Å². The van der Waals surface area contributed by atoms with Crippen LogP contribution in [0.5, 0.6) is 0 Å². The van der Waals surface area contributed by atoms with E-state index >= 15 is 0 Å². The molecule has 0 aliphatic carbocycles. The van der Waals surface area contributed by atoms with Crippen LogP contribution < -0.4 is 11.1 Å². The fourth-order valence-corrected chi connectivity index (χ4v) is 2.33. The van der Waals surface area contributed by atoms with Crippen molar-refractivity contribution in [3.05, 3.63) is 35.9 Å². The number of nitrogens with two attached hydrogens (primary N) is 1. The largest absolute Gasteiger partial charge is 0.352 e. The van der Waals surface area contributed by atoms with E-state index in [1.165, 1.54) is 18.4 Å². The lowest BCUT2D eigenvalue weighted by Crippen LogP contribution is -2.38. The Morgan fingerprint density at radius 2 is 1.84 bits per heavy atom. The molecule has 1 unspecified atom stereocenters. The quantitative estimate of drug-likeness (QED) is 0.656. The van der Waals surface area contributed by atoms with Gasteiger partial charge in [-0.05, 0) is 31.2 Å². The molecule has 19 heavy (non-hydrogen) atoms. The molecule has 0 aromatic heterocycles. The fraction of sp³-hybridized carbons (Fsp3) is 0.562. The van der Waals surface area contributed by atoms with Crippen molar-refractivity contribution in [1.29, 1.82) is 0 Å². The van der Waals surface area contributed by atoms with Crippen molar-refractivity contribution < 1.29 is 4.79 Å². The molecule has 0 bridgehead atoms. The lowest BCUT2D eigenvalue weighted by atomic mass is 10.0. The Labute approximate surface area is 116 Å². The van der Waals surface area contributed by atoms with Crippen molar-refractivity contribution in [2.75, 3.05) is 0 Å². The Hall–Kier alpha value is -1.51. The third-order valence-electron chi connectivity index (χ3n) is 3.36. The molecule has 0 aliphatic rings. The second kappa shape index (κ2) is 9.42. The maximum atomic E-state index is 11.0. The van der Waals surface area contributed by atoms with Crippen LogP contribution in [-0.2, 0) is 6.42 Å². The number of aryl methyl sites for hydroxylation is 1. The van der Waals surface area contributed by atoms with Crippen LogP contribution in [0, 0.1) is 0 Å². The molecule has 0 fully saturated rings. The molecular formula is C16H26N2O. The van der Waals surface area contributed by atoms with Gasteiger partial charge in [0, 0.05) is 6.04 Å². The van der Waals surface area contributed by atoms with E-state index < -0.39 is 6.03 Å². The van der Waals surface area contributed by atoms with Gasteiger partial charge in [-0.2, -0.15) is 0 Å². The minimum Gasteiger partial charge on any atom is -0.352 e. The fourth-order valence-electron chi connectivity index (χ4n) is 2.33. The van der Waals surface area contributed by atoms with Crippen LogP contribution in [0.2, 0.25) is 0 Å². The molecule has 3 nitrogen and oxygen atoms in total. The number of nitrogens with one attached hydrogen (secondary N) is 1. The molecule has 1 rings (SSSR count). The molecule has 3 heteroatoms. The summed E-state index contributed by atoms with van der Waals surface area (Å²) in [5.41, 5.74) is 6.59. The molecule has 2 amide bonds. The van der Waals surface area contributed by atoms with E-state index in [-0.39, 0.29) is 6.04 Å². The molecule has 0 radical (unpaired) electrons. The monoisotopic (exact) mass is 262 g/mol. The number of benzene rings is 1. The normalized spacial score (nSPS) is 12.1. The first-order chi connectivity index (χ1) is 9.22. The minimum atomic E-state index is -0.402.